The molecule has 1 fully saturated rings. The molecule has 1 aliphatic rings. The lowest BCUT2D eigenvalue weighted by atomic mass is 9.78. The molecule has 0 aromatic heterocycles. The van der Waals surface area contributed by atoms with Gasteiger partial charge in [0, 0.05) is 12.3 Å². The second kappa shape index (κ2) is 8.95. The van der Waals surface area contributed by atoms with Crippen molar-refractivity contribution in [2.24, 2.45) is 5.92 Å². The van der Waals surface area contributed by atoms with Crippen molar-refractivity contribution in [3.63, 3.8) is 0 Å². The van der Waals surface area contributed by atoms with E-state index in [-0.39, 0.29) is 24.0 Å². The van der Waals surface area contributed by atoms with Crippen LogP contribution >= 0.6 is 0 Å². The van der Waals surface area contributed by atoms with Gasteiger partial charge in [-0.1, -0.05) is 20.3 Å². The number of alkyl halides is 3. The van der Waals surface area contributed by atoms with Crippen molar-refractivity contribution in [1.82, 2.24) is 0 Å². The molecular weight excluding hydrogens is 359 g/mol. The van der Waals surface area contributed by atoms with Gasteiger partial charge >= 0.3 is 6.18 Å². The standard InChI is InChI=1S/C20H28F3NO3/c1-4-11-27-19(10-6-7-14(3)13-19)18(25)24-15-8-9-17(26-5-2)16(12-15)20(21,22)23/h8-9,12,14H,4-7,10-11,13H2,1-3H3,(H,24,25)/t14-,19-/m0/s1. The van der Waals surface area contributed by atoms with Crippen LogP contribution in [0.2, 0.25) is 0 Å². The summed E-state index contributed by atoms with van der Waals surface area (Å²) in [5, 5.41) is 2.64. The molecule has 0 bridgehead atoms. The lowest BCUT2D eigenvalue weighted by molar-refractivity contribution is -0.148. The molecule has 0 heterocycles. The van der Waals surface area contributed by atoms with Crippen LogP contribution in [0.15, 0.2) is 18.2 Å². The van der Waals surface area contributed by atoms with E-state index in [4.69, 9.17) is 9.47 Å². The van der Waals surface area contributed by atoms with Gasteiger partial charge in [0.2, 0.25) is 0 Å². The number of halogens is 3. The highest BCUT2D eigenvalue weighted by Gasteiger charge is 2.43. The van der Waals surface area contributed by atoms with E-state index < -0.39 is 17.3 Å². The van der Waals surface area contributed by atoms with Crippen LogP contribution in [0.1, 0.15) is 58.4 Å². The first-order chi connectivity index (χ1) is 12.7. The van der Waals surface area contributed by atoms with Crippen LogP contribution in [-0.2, 0) is 15.7 Å². The van der Waals surface area contributed by atoms with Crippen LogP contribution in [0, 0.1) is 5.92 Å². The molecule has 1 aromatic rings. The second-order valence-electron chi connectivity index (χ2n) is 7.14. The van der Waals surface area contributed by atoms with Crippen molar-refractivity contribution in [3.8, 4) is 5.75 Å². The van der Waals surface area contributed by atoms with Crippen molar-refractivity contribution < 1.29 is 27.4 Å². The van der Waals surface area contributed by atoms with Gasteiger partial charge in [0.15, 0.2) is 0 Å². The molecule has 0 spiro atoms. The fraction of sp³-hybridized carbons (Fsp3) is 0.650. The molecule has 1 saturated carbocycles. The third-order valence-electron chi connectivity index (χ3n) is 4.79. The normalized spacial score (nSPS) is 23.1. The minimum absolute atomic E-state index is 0.0912. The summed E-state index contributed by atoms with van der Waals surface area (Å²) in [7, 11) is 0. The monoisotopic (exact) mass is 387 g/mol. The molecule has 1 aromatic carbocycles. The number of amides is 1. The number of hydrogen-bond donors (Lipinski definition) is 1. The van der Waals surface area contributed by atoms with E-state index in [9.17, 15) is 18.0 Å². The molecule has 0 aliphatic heterocycles. The summed E-state index contributed by atoms with van der Waals surface area (Å²) in [6, 6.07) is 3.59. The third-order valence-corrected chi connectivity index (χ3v) is 4.79. The number of hydrogen-bond acceptors (Lipinski definition) is 3. The molecule has 4 nitrogen and oxygen atoms in total. The third kappa shape index (κ3) is 5.37. The second-order valence-corrected chi connectivity index (χ2v) is 7.14. The first-order valence-corrected chi connectivity index (χ1v) is 9.51. The van der Waals surface area contributed by atoms with Gasteiger partial charge in [-0.25, -0.2) is 0 Å². The number of carbonyl (C=O) groups excluding carboxylic acids is 1. The lowest BCUT2D eigenvalue weighted by Crippen LogP contribution is -2.48. The Morgan fingerprint density at radius 2 is 2.07 bits per heavy atom. The van der Waals surface area contributed by atoms with E-state index in [1.165, 1.54) is 12.1 Å². The number of ether oxygens (including phenoxy) is 2. The highest BCUT2D eigenvalue weighted by Crippen LogP contribution is 2.39. The van der Waals surface area contributed by atoms with Gasteiger partial charge in [0.25, 0.3) is 5.91 Å². The SMILES string of the molecule is CCCO[C@@]1(C(=O)Nc2ccc(OCC)c(C(F)(F)F)c2)CCC[C@H](C)C1. The largest absolute Gasteiger partial charge is 0.493 e. The highest BCUT2D eigenvalue weighted by molar-refractivity contribution is 5.97. The summed E-state index contributed by atoms with van der Waals surface area (Å²) >= 11 is 0. The van der Waals surface area contributed by atoms with E-state index in [0.29, 0.717) is 25.4 Å². The topological polar surface area (TPSA) is 47.6 Å². The quantitative estimate of drug-likeness (QED) is 0.680. The van der Waals surface area contributed by atoms with E-state index in [2.05, 4.69) is 12.2 Å². The Bertz CT molecular complexity index is 648. The minimum atomic E-state index is -4.57. The van der Waals surface area contributed by atoms with Crippen LogP contribution in [0.4, 0.5) is 18.9 Å². The van der Waals surface area contributed by atoms with Crippen molar-refractivity contribution >= 4 is 11.6 Å². The van der Waals surface area contributed by atoms with E-state index in [0.717, 1.165) is 25.3 Å². The van der Waals surface area contributed by atoms with E-state index in [1.54, 1.807) is 6.92 Å². The average Bonchev–Trinajstić information content (AvgIpc) is 2.60. The van der Waals surface area contributed by atoms with Crippen molar-refractivity contribution in [3.05, 3.63) is 23.8 Å². The molecule has 1 aliphatic carbocycles. The van der Waals surface area contributed by atoms with Gasteiger partial charge < -0.3 is 14.8 Å². The summed E-state index contributed by atoms with van der Waals surface area (Å²) in [5.41, 5.74) is -1.79. The first-order valence-electron chi connectivity index (χ1n) is 9.51. The van der Waals surface area contributed by atoms with Crippen LogP contribution in [-0.4, -0.2) is 24.7 Å². The van der Waals surface area contributed by atoms with Crippen LogP contribution < -0.4 is 10.1 Å². The van der Waals surface area contributed by atoms with E-state index in [1.807, 2.05) is 6.92 Å². The molecule has 2 rings (SSSR count). The Morgan fingerprint density at radius 3 is 2.67 bits per heavy atom. The van der Waals surface area contributed by atoms with Gasteiger partial charge in [0.1, 0.15) is 11.4 Å². The highest BCUT2D eigenvalue weighted by atomic mass is 19.4. The Hall–Kier alpha value is -1.76. The van der Waals surface area contributed by atoms with Gasteiger partial charge in [0.05, 0.1) is 12.2 Å². The summed E-state index contributed by atoms with van der Waals surface area (Å²) in [5.74, 6) is -0.293. The van der Waals surface area contributed by atoms with Crippen molar-refractivity contribution in [2.45, 2.75) is 64.7 Å². The number of nitrogens with one attached hydrogen (secondary N) is 1. The molecule has 27 heavy (non-hydrogen) atoms. The predicted molar refractivity (Wildman–Crippen MR) is 97.8 cm³/mol. The predicted octanol–water partition coefficient (Wildman–Crippen LogP) is 5.42. The molecule has 1 N–H and O–H groups in total. The van der Waals surface area contributed by atoms with Crippen molar-refractivity contribution in [2.75, 3.05) is 18.5 Å². The summed E-state index contributed by atoms with van der Waals surface area (Å²) in [4.78, 5) is 13.0. The van der Waals surface area contributed by atoms with Gasteiger partial charge in [-0.3, -0.25) is 4.79 Å². The Balaban J connectivity index is 2.26. The molecular formula is C20H28F3NO3. The molecule has 0 radical (unpaired) electrons. The number of carbonyl (C=O) groups is 1. The number of anilines is 1. The maximum Gasteiger partial charge on any atom is 0.420 e. The lowest BCUT2D eigenvalue weighted by Gasteiger charge is -2.38. The maximum absolute atomic E-state index is 13.3. The van der Waals surface area contributed by atoms with E-state index >= 15 is 0 Å². The molecule has 2 atom stereocenters. The fourth-order valence-corrected chi connectivity index (χ4v) is 3.56. The molecule has 7 heteroatoms. The Kier molecular flexibility index (Phi) is 7.14. The smallest absolute Gasteiger partial charge is 0.420 e. The molecule has 1 amide bonds. The van der Waals surface area contributed by atoms with Gasteiger partial charge in [-0.2, -0.15) is 13.2 Å². The van der Waals surface area contributed by atoms with Gasteiger partial charge in [-0.05, 0) is 56.7 Å². The maximum atomic E-state index is 13.3. The first kappa shape index (κ1) is 21.5. The molecule has 152 valence electrons. The summed E-state index contributed by atoms with van der Waals surface area (Å²) in [6.45, 7) is 6.21. The molecule has 0 saturated heterocycles. The van der Waals surface area contributed by atoms with Crippen LogP contribution in [0.25, 0.3) is 0 Å². The Labute approximate surface area is 158 Å². The zero-order valence-electron chi connectivity index (χ0n) is 16.1. The summed E-state index contributed by atoms with van der Waals surface area (Å²) in [6.07, 6.45) is -0.777. The zero-order chi connectivity index (χ0) is 20.1. The number of benzene rings is 1. The van der Waals surface area contributed by atoms with Crippen LogP contribution in [0.3, 0.4) is 0 Å². The van der Waals surface area contributed by atoms with Crippen molar-refractivity contribution in [1.29, 1.82) is 0 Å². The zero-order valence-corrected chi connectivity index (χ0v) is 16.1. The Morgan fingerprint density at radius 1 is 1.33 bits per heavy atom. The minimum Gasteiger partial charge on any atom is -0.493 e. The number of rotatable bonds is 7. The van der Waals surface area contributed by atoms with Gasteiger partial charge in [-0.15, -0.1) is 0 Å². The summed E-state index contributed by atoms with van der Waals surface area (Å²) < 4.78 is 51.0. The average molecular weight is 387 g/mol. The molecule has 0 unspecified atom stereocenters. The fourth-order valence-electron chi connectivity index (χ4n) is 3.56. The van der Waals surface area contributed by atoms with Crippen LogP contribution in [0.5, 0.6) is 5.75 Å².